The van der Waals surface area contributed by atoms with E-state index in [0.717, 1.165) is 37.7 Å². The summed E-state index contributed by atoms with van der Waals surface area (Å²) >= 11 is 0. The lowest BCUT2D eigenvalue weighted by Crippen LogP contribution is -2.36. The molecule has 0 spiro atoms. The topological polar surface area (TPSA) is 26.3 Å². The quantitative estimate of drug-likeness (QED) is 0.380. The van der Waals surface area contributed by atoms with Gasteiger partial charge in [0, 0.05) is 0 Å². The van der Waals surface area contributed by atoms with Crippen molar-refractivity contribution in [3.8, 4) is 0 Å². The molecular formula is C25H28O2. The maximum absolute atomic E-state index is 12.8. The number of esters is 1. The van der Waals surface area contributed by atoms with Gasteiger partial charge in [0.1, 0.15) is 5.60 Å². The zero-order valence-corrected chi connectivity index (χ0v) is 16.5. The molecule has 140 valence electrons. The molecule has 0 heterocycles. The van der Waals surface area contributed by atoms with Gasteiger partial charge in [0.25, 0.3) is 0 Å². The van der Waals surface area contributed by atoms with E-state index in [1.807, 2.05) is 20.8 Å². The van der Waals surface area contributed by atoms with E-state index < -0.39 is 11.0 Å². The lowest BCUT2D eigenvalue weighted by molar-refractivity contribution is -0.171. The van der Waals surface area contributed by atoms with Crippen molar-refractivity contribution < 1.29 is 9.53 Å². The summed E-state index contributed by atoms with van der Waals surface area (Å²) in [5.74, 6) is -0.0782. The number of ether oxygens (including phenoxy) is 1. The van der Waals surface area contributed by atoms with Crippen molar-refractivity contribution in [1.29, 1.82) is 0 Å². The second kappa shape index (κ2) is 6.67. The molecule has 0 radical (unpaired) electrons. The fourth-order valence-electron chi connectivity index (χ4n) is 4.08. The normalized spacial score (nSPS) is 16.7. The molecule has 0 unspecified atom stereocenters. The second-order valence-electron chi connectivity index (χ2n) is 8.59. The second-order valence-corrected chi connectivity index (χ2v) is 8.59. The Bertz CT molecular complexity index is 994. The molecule has 2 nitrogen and oxygen atoms in total. The van der Waals surface area contributed by atoms with Crippen LogP contribution in [0, 0.1) is 5.41 Å². The zero-order chi connectivity index (χ0) is 19.1. The molecule has 0 bridgehead atoms. The fraction of sp³-hybridized carbons (Fsp3) is 0.400. The van der Waals surface area contributed by atoms with Crippen molar-refractivity contribution in [2.24, 2.45) is 5.41 Å². The van der Waals surface area contributed by atoms with Crippen LogP contribution in [0.25, 0.3) is 21.5 Å². The van der Waals surface area contributed by atoms with Gasteiger partial charge in [0.05, 0.1) is 5.41 Å². The van der Waals surface area contributed by atoms with Crippen LogP contribution in [-0.4, -0.2) is 5.97 Å². The molecule has 3 aromatic carbocycles. The number of rotatable bonds is 4. The van der Waals surface area contributed by atoms with Crippen LogP contribution in [0.3, 0.4) is 0 Å². The van der Waals surface area contributed by atoms with E-state index in [2.05, 4.69) is 54.6 Å². The predicted octanol–water partition coefficient (Wildman–Crippen LogP) is 6.74. The Morgan fingerprint density at radius 3 is 2.15 bits per heavy atom. The van der Waals surface area contributed by atoms with Gasteiger partial charge in [-0.3, -0.25) is 4.79 Å². The molecule has 0 aromatic heterocycles. The van der Waals surface area contributed by atoms with Crippen LogP contribution in [0.15, 0.2) is 54.6 Å². The van der Waals surface area contributed by atoms with Crippen molar-refractivity contribution in [3.05, 3.63) is 60.2 Å². The van der Waals surface area contributed by atoms with E-state index >= 15 is 0 Å². The highest BCUT2D eigenvalue weighted by molar-refractivity contribution is 5.98. The summed E-state index contributed by atoms with van der Waals surface area (Å²) in [5, 5.41) is 4.94. The first kappa shape index (κ1) is 18.0. The molecule has 0 N–H and O–H groups in total. The van der Waals surface area contributed by atoms with Gasteiger partial charge in [-0.25, -0.2) is 0 Å². The third kappa shape index (κ3) is 3.22. The predicted molar refractivity (Wildman–Crippen MR) is 112 cm³/mol. The summed E-state index contributed by atoms with van der Waals surface area (Å²) in [7, 11) is 0. The maximum Gasteiger partial charge on any atom is 0.312 e. The SMILES string of the molecule is CCC(C)(C)C(=O)OC1(c2ccc3cc4ccccc4cc3c2)CCCC1. The van der Waals surface area contributed by atoms with E-state index in [0.29, 0.717) is 0 Å². The first-order chi connectivity index (χ1) is 12.9. The monoisotopic (exact) mass is 360 g/mol. The molecule has 1 aliphatic carbocycles. The Kier molecular flexibility index (Phi) is 4.46. The molecule has 3 aromatic rings. The minimum absolute atomic E-state index is 0.0782. The van der Waals surface area contributed by atoms with Gasteiger partial charge in [0.15, 0.2) is 0 Å². The van der Waals surface area contributed by atoms with Gasteiger partial charge in [-0.2, -0.15) is 0 Å². The Morgan fingerprint density at radius 2 is 1.52 bits per heavy atom. The minimum atomic E-state index is -0.469. The lowest BCUT2D eigenvalue weighted by atomic mass is 9.87. The molecule has 0 atom stereocenters. The molecule has 0 aliphatic heterocycles. The molecule has 2 heteroatoms. The Balaban J connectivity index is 1.77. The molecule has 4 rings (SSSR count). The van der Waals surface area contributed by atoms with Crippen LogP contribution in [0.5, 0.6) is 0 Å². The largest absolute Gasteiger partial charge is 0.454 e. The highest BCUT2D eigenvalue weighted by atomic mass is 16.6. The Hall–Kier alpha value is -2.35. The highest BCUT2D eigenvalue weighted by Crippen LogP contribution is 2.44. The average molecular weight is 360 g/mol. The van der Waals surface area contributed by atoms with E-state index in [9.17, 15) is 4.79 Å². The van der Waals surface area contributed by atoms with Crippen LogP contribution < -0.4 is 0 Å². The van der Waals surface area contributed by atoms with Gasteiger partial charge in [0.2, 0.25) is 0 Å². The average Bonchev–Trinajstić information content (AvgIpc) is 3.15. The molecule has 1 fully saturated rings. The number of hydrogen-bond acceptors (Lipinski definition) is 2. The van der Waals surface area contributed by atoms with Crippen LogP contribution in [0.1, 0.15) is 58.4 Å². The van der Waals surface area contributed by atoms with Crippen molar-refractivity contribution >= 4 is 27.5 Å². The van der Waals surface area contributed by atoms with Crippen molar-refractivity contribution in [1.82, 2.24) is 0 Å². The summed E-state index contributed by atoms with van der Waals surface area (Å²) in [5.41, 5.74) is 0.231. The Labute approximate surface area is 161 Å². The summed E-state index contributed by atoms with van der Waals surface area (Å²) in [6, 6.07) is 19.5. The van der Waals surface area contributed by atoms with E-state index in [4.69, 9.17) is 4.74 Å². The molecule has 0 saturated heterocycles. The van der Waals surface area contributed by atoms with Crippen LogP contribution in [0.2, 0.25) is 0 Å². The van der Waals surface area contributed by atoms with Crippen molar-refractivity contribution in [2.45, 2.75) is 58.5 Å². The van der Waals surface area contributed by atoms with Crippen LogP contribution in [0.4, 0.5) is 0 Å². The van der Waals surface area contributed by atoms with E-state index in [-0.39, 0.29) is 5.97 Å². The fourth-order valence-corrected chi connectivity index (χ4v) is 4.08. The first-order valence-corrected chi connectivity index (χ1v) is 10.1. The number of carbonyl (C=O) groups is 1. The standard InChI is InChI=1S/C25H28O2/c1-4-24(2,3)23(26)27-25(13-7-8-14-25)22-12-11-20-15-18-9-5-6-10-19(18)16-21(20)17-22/h5-6,9-12,15-17H,4,7-8,13-14H2,1-3H3. The number of carbonyl (C=O) groups excluding carboxylic acids is 1. The molecular weight excluding hydrogens is 332 g/mol. The summed E-state index contributed by atoms with van der Waals surface area (Å²) in [4.78, 5) is 12.8. The highest BCUT2D eigenvalue weighted by Gasteiger charge is 2.42. The molecule has 1 aliphatic rings. The van der Waals surface area contributed by atoms with Crippen LogP contribution in [-0.2, 0) is 15.1 Å². The van der Waals surface area contributed by atoms with E-state index in [1.54, 1.807) is 0 Å². The minimum Gasteiger partial charge on any atom is -0.454 e. The summed E-state index contributed by atoms with van der Waals surface area (Å²) < 4.78 is 6.24. The number of fused-ring (bicyclic) bond motifs is 2. The lowest BCUT2D eigenvalue weighted by Gasteiger charge is -2.34. The zero-order valence-electron chi connectivity index (χ0n) is 16.5. The first-order valence-electron chi connectivity index (χ1n) is 10.1. The molecule has 0 amide bonds. The van der Waals surface area contributed by atoms with Gasteiger partial charge in [-0.1, -0.05) is 43.3 Å². The van der Waals surface area contributed by atoms with Gasteiger partial charge in [-0.15, -0.1) is 0 Å². The van der Waals surface area contributed by atoms with Gasteiger partial charge < -0.3 is 4.74 Å². The Morgan fingerprint density at radius 1 is 0.926 bits per heavy atom. The molecule has 1 saturated carbocycles. The van der Waals surface area contributed by atoms with Crippen LogP contribution >= 0.6 is 0 Å². The number of hydrogen-bond donors (Lipinski definition) is 0. The smallest absolute Gasteiger partial charge is 0.312 e. The van der Waals surface area contributed by atoms with Gasteiger partial charge in [-0.05, 0) is 91.3 Å². The summed E-state index contributed by atoms with van der Waals surface area (Å²) in [6.45, 7) is 6.00. The third-order valence-corrected chi connectivity index (χ3v) is 6.37. The third-order valence-electron chi connectivity index (χ3n) is 6.37. The number of benzene rings is 3. The van der Waals surface area contributed by atoms with Gasteiger partial charge >= 0.3 is 5.97 Å². The summed E-state index contributed by atoms with van der Waals surface area (Å²) in [6.07, 6.45) is 4.83. The molecule has 27 heavy (non-hydrogen) atoms. The maximum atomic E-state index is 12.8. The van der Waals surface area contributed by atoms with E-state index in [1.165, 1.54) is 21.5 Å². The van der Waals surface area contributed by atoms with Crippen molar-refractivity contribution in [2.75, 3.05) is 0 Å². The van der Waals surface area contributed by atoms with Crippen molar-refractivity contribution in [3.63, 3.8) is 0 Å².